The van der Waals surface area contributed by atoms with E-state index in [1.54, 1.807) is 12.1 Å². The Kier molecular flexibility index (Phi) is 4.98. The second-order valence-electron chi connectivity index (χ2n) is 5.98. The molecule has 0 heterocycles. The molecule has 1 aliphatic carbocycles. The molecule has 1 aromatic carbocycles. The number of benzene rings is 1. The molecule has 1 aromatic rings. The first-order chi connectivity index (χ1) is 10.0. The Hall–Kier alpha value is -1.86. The number of nitrogens with zero attached hydrogens (tertiary/aromatic N) is 1. The highest BCUT2D eigenvalue weighted by Gasteiger charge is 2.31. The van der Waals surface area contributed by atoms with Gasteiger partial charge in [-0.25, -0.2) is 0 Å². The summed E-state index contributed by atoms with van der Waals surface area (Å²) in [5.41, 5.74) is 0.735. The smallest absolute Gasteiger partial charge is 0.223 e. The van der Waals surface area contributed by atoms with Crippen molar-refractivity contribution in [1.82, 2.24) is 5.32 Å². The minimum Gasteiger partial charge on any atom is -0.389 e. The summed E-state index contributed by atoms with van der Waals surface area (Å²) in [7, 11) is 0. The minimum absolute atomic E-state index is 0.115. The highest BCUT2D eigenvalue weighted by Crippen LogP contribution is 2.31. The summed E-state index contributed by atoms with van der Waals surface area (Å²) >= 11 is 0. The van der Waals surface area contributed by atoms with Gasteiger partial charge in [0.15, 0.2) is 0 Å². The van der Waals surface area contributed by atoms with Crippen LogP contribution in [0.1, 0.15) is 62.6 Å². The van der Waals surface area contributed by atoms with Gasteiger partial charge in [-0.3, -0.25) is 4.79 Å². The van der Waals surface area contributed by atoms with Crippen molar-refractivity contribution in [1.29, 1.82) is 5.26 Å². The third-order valence-corrected chi connectivity index (χ3v) is 4.19. The Bertz CT molecular complexity index is 525. The molecule has 21 heavy (non-hydrogen) atoms. The summed E-state index contributed by atoms with van der Waals surface area (Å²) in [5.74, 6) is -0.115. The molecule has 0 radical (unpaired) electrons. The third kappa shape index (κ3) is 4.30. The molecule has 1 unspecified atom stereocenters. The lowest BCUT2D eigenvalue weighted by atomic mass is 9.82. The van der Waals surface area contributed by atoms with Crippen molar-refractivity contribution < 1.29 is 9.90 Å². The summed E-state index contributed by atoms with van der Waals surface area (Å²) in [6.45, 7) is 1.91. The Labute approximate surface area is 125 Å². The van der Waals surface area contributed by atoms with Crippen LogP contribution in [0.3, 0.4) is 0 Å². The third-order valence-electron chi connectivity index (χ3n) is 4.19. The fourth-order valence-electron chi connectivity index (χ4n) is 2.91. The molecular formula is C17H22N2O2. The predicted molar refractivity (Wildman–Crippen MR) is 80.4 cm³/mol. The Balaban J connectivity index is 1.90. The van der Waals surface area contributed by atoms with Crippen LogP contribution in [-0.4, -0.2) is 16.6 Å². The van der Waals surface area contributed by atoms with Gasteiger partial charge in [-0.1, -0.05) is 31.4 Å². The zero-order valence-corrected chi connectivity index (χ0v) is 12.4. The molecule has 1 atom stereocenters. The van der Waals surface area contributed by atoms with E-state index in [1.807, 2.05) is 19.1 Å². The molecule has 1 amide bonds. The van der Waals surface area contributed by atoms with E-state index in [4.69, 9.17) is 5.26 Å². The molecule has 0 saturated heterocycles. The second-order valence-corrected chi connectivity index (χ2v) is 5.98. The monoisotopic (exact) mass is 286 g/mol. The largest absolute Gasteiger partial charge is 0.389 e. The van der Waals surface area contributed by atoms with Crippen LogP contribution in [0, 0.1) is 11.3 Å². The van der Waals surface area contributed by atoms with Gasteiger partial charge in [0.1, 0.15) is 0 Å². The summed E-state index contributed by atoms with van der Waals surface area (Å²) in [5, 5.41) is 22.1. The van der Waals surface area contributed by atoms with Gasteiger partial charge in [0.05, 0.1) is 29.7 Å². The highest BCUT2D eigenvalue weighted by molar-refractivity contribution is 5.77. The quantitative estimate of drug-likeness (QED) is 0.894. The van der Waals surface area contributed by atoms with Crippen LogP contribution in [-0.2, 0) is 4.79 Å². The standard InChI is InChI=1S/C17H22N2O2/c1-13(15-7-5-14(12-18)6-8-15)19-16(20)11-17(21)9-3-2-4-10-17/h5-8,13,21H,2-4,9-11H2,1H3,(H,19,20). The molecule has 0 aliphatic heterocycles. The van der Waals surface area contributed by atoms with E-state index in [2.05, 4.69) is 11.4 Å². The van der Waals surface area contributed by atoms with Gasteiger partial charge in [0.25, 0.3) is 0 Å². The maximum Gasteiger partial charge on any atom is 0.223 e. The molecule has 1 aliphatic rings. The zero-order chi connectivity index (χ0) is 15.3. The van der Waals surface area contributed by atoms with Crippen molar-refractivity contribution in [2.24, 2.45) is 0 Å². The molecule has 112 valence electrons. The van der Waals surface area contributed by atoms with Crippen molar-refractivity contribution in [2.75, 3.05) is 0 Å². The summed E-state index contributed by atoms with van der Waals surface area (Å²) in [4.78, 5) is 12.1. The number of aliphatic hydroxyl groups is 1. The fraction of sp³-hybridized carbons (Fsp3) is 0.529. The maximum absolute atomic E-state index is 12.1. The molecule has 2 N–H and O–H groups in total. The van der Waals surface area contributed by atoms with Crippen LogP contribution in [0.5, 0.6) is 0 Å². The number of nitriles is 1. The van der Waals surface area contributed by atoms with Crippen molar-refractivity contribution in [2.45, 2.75) is 57.1 Å². The van der Waals surface area contributed by atoms with Crippen LogP contribution < -0.4 is 5.32 Å². The van der Waals surface area contributed by atoms with Crippen molar-refractivity contribution in [3.63, 3.8) is 0 Å². The normalized spacial score (nSPS) is 18.5. The Morgan fingerprint density at radius 3 is 2.52 bits per heavy atom. The van der Waals surface area contributed by atoms with Crippen molar-refractivity contribution in [3.8, 4) is 6.07 Å². The highest BCUT2D eigenvalue weighted by atomic mass is 16.3. The molecular weight excluding hydrogens is 264 g/mol. The van der Waals surface area contributed by atoms with Gasteiger partial charge in [-0.05, 0) is 37.5 Å². The molecule has 1 saturated carbocycles. The second kappa shape index (κ2) is 6.73. The molecule has 0 aromatic heterocycles. The molecule has 0 spiro atoms. The molecule has 1 fully saturated rings. The molecule has 4 nitrogen and oxygen atoms in total. The van der Waals surface area contributed by atoms with E-state index in [9.17, 15) is 9.90 Å². The number of carbonyl (C=O) groups excluding carboxylic acids is 1. The lowest BCUT2D eigenvalue weighted by Gasteiger charge is -2.31. The first-order valence-corrected chi connectivity index (χ1v) is 7.54. The van der Waals surface area contributed by atoms with E-state index in [-0.39, 0.29) is 18.4 Å². The maximum atomic E-state index is 12.1. The van der Waals surface area contributed by atoms with Crippen LogP contribution in [0.4, 0.5) is 0 Å². The van der Waals surface area contributed by atoms with Crippen molar-refractivity contribution in [3.05, 3.63) is 35.4 Å². The lowest BCUT2D eigenvalue weighted by molar-refractivity contribution is -0.128. The van der Waals surface area contributed by atoms with E-state index in [0.29, 0.717) is 18.4 Å². The average molecular weight is 286 g/mol. The number of carbonyl (C=O) groups is 1. The number of hydrogen-bond donors (Lipinski definition) is 2. The lowest BCUT2D eigenvalue weighted by Crippen LogP contribution is -2.39. The zero-order valence-electron chi connectivity index (χ0n) is 12.4. The van der Waals surface area contributed by atoms with Gasteiger partial charge in [0, 0.05) is 0 Å². The topological polar surface area (TPSA) is 73.1 Å². The van der Waals surface area contributed by atoms with Gasteiger partial charge in [-0.15, -0.1) is 0 Å². The predicted octanol–water partition coefficient (Wildman–Crippen LogP) is 2.82. The van der Waals surface area contributed by atoms with E-state index in [0.717, 1.165) is 24.8 Å². The fourth-order valence-corrected chi connectivity index (χ4v) is 2.91. The van der Waals surface area contributed by atoms with Crippen LogP contribution in [0.25, 0.3) is 0 Å². The first kappa shape index (κ1) is 15.5. The first-order valence-electron chi connectivity index (χ1n) is 7.54. The molecule has 4 heteroatoms. The van der Waals surface area contributed by atoms with Gasteiger partial charge in [-0.2, -0.15) is 5.26 Å². The van der Waals surface area contributed by atoms with Crippen LogP contribution in [0.15, 0.2) is 24.3 Å². The molecule has 2 rings (SSSR count). The SMILES string of the molecule is CC(NC(=O)CC1(O)CCCCC1)c1ccc(C#N)cc1. The molecule has 0 bridgehead atoms. The van der Waals surface area contributed by atoms with Crippen LogP contribution in [0.2, 0.25) is 0 Å². The summed E-state index contributed by atoms with van der Waals surface area (Å²) in [6.07, 6.45) is 4.74. The van der Waals surface area contributed by atoms with Crippen LogP contribution >= 0.6 is 0 Å². The number of nitrogens with one attached hydrogen (secondary N) is 1. The van der Waals surface area contributed by atoms with E-state index >= 15 is 0 Å². The van der Waals surface area contributed by atoms with Gasteiger partial charge in [0.2, 0.25) is 5.91 Å². The Morgan fingerprint density at radius 1 is 1.33 bits per heavy atom. The van der Waals surface area contributed by atoms with Gasteiger partial charge >= 0.3 is 0 Å². The van der Waals surface area contributed by atoms with Gasteiger partial charge < -0.3 is 10.4 Å². The van der Waals surface area contributed by atoms with E-state index < -0.39 is 5.60 Å². The summed E-state index contributed by atoms with van der Waals surface area (Å²) < 4.78 is 0. The Morgan fingerprint density at radius 2 is 1.95 bits per heavy atom. The van der Waals surface area contributed by atoms with Crippen molar-refractivity contribution >= 4 is 5.91 Å². The number of rotatable bonds is 4. The minimum atomic E-state index is -0.827. The number of amides is 1. The van der Waals surface area contributed by atoms with E-state index in [1.165, 1.54) is 0 Å². The average Bonchev–Trinajstić information content (AvgIpc) is 2.47. The number of hydrogen-bond acceptors (Lipinski definition) is 3. The summed E-state index contributed by atoms with van der Waals surface area (Å²) in [6, 6.07) is 9.12.